The molecule has 0 amide bonds. The predicted molar refractivity (Wildman–Crippen MR) is 86.5 cm³/mol. The number of nitrogens with zero attached hydrogens (tertiary/aromatic N) is 2. The van der Waals surface area contributed by atoms with E-state index in [4.69, 9.17) is 4.74 Å². The third kappa shape index (κ3) is 3.73. The van der Waals surface area contributed by atoms with E-state index >= 15 is 0 Å². The first-order valence-electron chi connectivity index (χ1n) is 6.68. The highest BCUT2D eigenvalue weighted by Crippen LogP contribution is 2.24. The Balaban J connectivity index is 2.17. The van der Waals surface area contributed by atoms with Gasteiger partial charge in [-0.05, 0) is 47.0 Å². The van der Waals surface area contributed by atoms with Crippen molar-refractivity contribution in [1.82, 2.24) is 4.98 Å². The molecule has 0 fully saturated rings. The Morgan fingerprint density at radius 1 is 1.38 bits per heavy atom. The van der Waals surface area contributed by atoms with Gasteiger partial charge < -0.3 is 9.64 Å². The maximum atomic E-state index is 14.0. The summed E-state index contributed by atoms with van der Waals surface area (Å²) in [7, 11) is 3.50. The van der Waals surface area contributed by atoms with Crippen LogP contribution in [0.5, 0.6) is 5.75 Å². The van der Waals surface area contributed by atoms with E-state index in [1.807, 2.05) is 43.1 Å². The predicted octanol–water partition coefficient (Wildman–Crippen LogP) is 4.06. The van der Waals surface area contributed by atoms with Crippen molar-refractivity contribution < 1.29 is 9.13 Å². The average Bonchev–Trinajstić information content (AvgIpc) is 2.47. The molecule has 1 unspecified atom stereocenters. The number of aromatic nitrogens is 1. The number of hydrogen-bond acceptors (Lipinski definition) is 3. The number of hydrogen-bond donors (Lipinski definition) is 0. The van der Waals surface area contributed by atoms with Gasteiger partial charge >= 0.3 is 0 Å². The molecule has 0 bridgehead atoms. The number of pyridine rings is 1. The largest absolute Gasteiger partial charge is 0.496 e. The van der Waals surface area contributed by atoms with Crippen LogP contribution >= 0.6 is 15.9 Å². The molecule has 0 saturated carbocycles. The number of anilines is 1. The van der Waals surface area contributed by atoms with Crippen molar-refractivity contribution >= 4 is 21.7 Å². The van der Waals surface area contributed by atoms with Crippen molar-refractivity contribution in [3.63, 3.8) is 0 Å². The number of ether oxygens (including phenoxy) is 1. The first-order chi connectivity index (χ1) is 10.0. The van der Waals surface area contributed by atoms with E-state index in [2.05, 4.69) is 20.9 Å². The summed E-state index contributed by atoms with van der Waals surface area (Å²) in [5.41, 5.74) is 1.09. The number of halogens is 2. The lowest BCUT2D eigenvalue weighted by atomic mass is 10.1. The van der Waals surface area contributed by atoms with E-state index in [0.29, 0.717) is 10.3 Å². The smallest absolute Gasteiger partial charge is 0.166 e. The summed E-state index contributed by atoms with van der Waals surface area (Å²) in [6.07, 6.45) is 2.35. The quantitative estimate of drug-likeness (QED) is 0.811. The highest BCUT2D eigenvalue weighted by molar-refractivity contribution is 9.10. The van der Waals surface area contributed by atoms with E-state index in [9.17, 15) is 4.39 Å². The number of benzene rings is 1. The molecule has 0 radical (unpaired) electrons. The highest BCUT2D eigenvalue weighted by atomic mass is 79.9. The lowest BCUT2D eigenvalue weighted by Gasteiger charge is -2.27. The Morgan fingerprint density at radius 2 is 2.10 bits per heavy atom. The van der Waals surface area contributed by atoms with E-state index in [1.165, 1.54) is 6.07 Å². The maximum absolute atomic E-state index is 14.0. The number of para-hydroxylation sites is 1. The summed E-state index contributed by atoms with van der Waals surface area (Å²) < 4.78 is 20.0. The SMILES string of the molecule is COc1ccccc1CC(C)N(C)c1ncc(Br)cc1F. The third-order valence-corrected chi connectivity index (χ3v) is 3.93. The summed E-state index contributed by atoms with van der Waals surface area (Å²) in [4.78, 5) is 6.00. The molecule has 1 atom stereocenters. The van der Waals surface area contributed by atoms with Gasteiger partial charge in [0.2, 0.25) is 0 Å². The normalized spacial score (nSPS) is 12.0. The van der Waals surface area contributed by atoms with Gasteiger partial charge in [0, 0.05) is 23.8 Å². The van der Waals surface area contributed by atoms with Crippen LogP contribution in [0.3, 0.4) is 0 Å². The third-order valence-electron chi connectivity index (χ3n) is 3.49. The maximum Gasteiger partial charge on any atom is 0.166 e. The lowest BCUT2D eigenvalue weighted by molar-refractivity contribution is 0.408. The molecule has 1 aromatic heterocycles. The fourth-order valence-electron chi connectivity index (χ4n) is 2.20. The van der Waals surface area contributed by atoms with Crippen molar-refractivity contribution in [2.24, 2.45) is 0 Å². The van der Waals surface area contributed by atoms with E-state index in [-0.39, 0.29) is 11.9 Å². The van der Waals surface area contributed by atoms with Crippen LogP contribution in [-0.4, -0.2) is 25.2 Å². The molecule has 0 spiro atoms. The fraction of sp³-hybridized carbons (Fsp3) is 0.312. The molecule has 21 heavy (non-hydrogen) atoms. The van der Waals surface area contributed by atoms with Gasteiger partial charge in [0.25, 0.3) is 0 Å². The average molecular weight is 353 g/mol. The van der Waals surface area contributed by atoms with Crippen LogP contribution in [0.4, 0.5) is 10.2 Å². The molecular formula is C16H18BrFN2O. The topological polar surface area (TPSA) is 25.4 Å². The molecule has 0 aliphatic heterocycles. The first-order valence-corrected chi connectivity index (χ1v) is 7.48. The standard InChI is InChI=1S/C16H18BrFN2O/c1-11(8-12-6-4-5-7-15(12)21-3)20(2)16-14(18)9-13(17)10-19-16/h4-7,9-11H,8H2,1-3H3. The van der Waals surface area contributed by atoms with Gasteiger partial charge in [-0.25, -0.2) is 9.37 Å². The Labute approximate surface area is 132 Å². The van der Waals surface area contributed by atoms with E-state index < -0.39 is 0 Å². The van der Waals surface area contributed by atoms with Crippen molar-refractivity contribution in [2.75, 3.05) is 19.1 Å². The van der Waals surface area contributed by atoms with Crippen molar-refractivity contribution in [3.05, 3.63) is 52.4 Å². The second-order valence-corrected chi connectivity index (χ2v) is 5.85. The van der Waals surface area contributed by atoms with Gasteiger partial charge in [0.15, 0.2) is 11.6 Å². The minimum absolute atomic E-state index is 0.0875. The molecule has 112 valence electrons. The first kappa shape index (κ1) is 15.8. The summed E-state index contributed by atoms with van der Waals surface area (Å²) in [5, 5.41) is 0. The Bertz CT molecular complexity index is 621. The minimum atomic E-state index is -0.334. The van der Waals surface area contributed by atoms with Gasteiger partial charge in [-0.1, -0.05) is 18.2 Å². The van der Waals surface area contributed by atoms with Crippen LogP contribution in [0.15, 0.2) is 41.0 Å². The molecule has 1 aromatic carbocycles. The molecule has 0 aliphatic carbocycles. The summed E-state index contributed by atoms with van der Waals surface area (Å²) in [5.74, 6) is 0.862. The minimum Gasteiger partial charge on any atom is -0.496 e. The van der Waals surface area contributed by atoms with Gasteiger partial charge in [-0.3, -0.25) is 0 Å². The summed E-state index contributed by atoms with van der Waals surface area (Å²) in [6.45, 7) is 2.04. The zero-order chi connectivity index (χ0) is 15.4. The second-order valence-electron chi connectivity index (χ2n) is 4.93. The second kappa shape index (κ2) is 6.89. The Kier molecular flexibility index (Phi) is 5.17. The fourth-order valence-corrected chi connectivity index (χ4v) is 2.51. The molecule has 5 heteroatoms. The Morgan fingerprint density at radius 3 is 2.76 bits per heavy atom. The molecule has 2 rings (SSSR count). The lowest BCUT2D eigenvalue weighted by Crippen LogP contribution is -2.32. The summed E-state index contributed by atoms with van der Waals surface area (Å²) >= 11 is 3.22. The van der Waals surface area contributed by atoms with Crippen LogP contribution in [-0.2, 0) is 6.42 Å². The monoisotopic (exact) mass is 352 g/mol. The molecule has 1 heterocycles. The molecule has 3 nitrogen and oxygen atoms in total. The van der Waals surface area contributed by atoms with Crippen molar-refractivity contribution in [1.29, 1.82) is 0 Å². The van der Waals surface area contributed by atoms with Crippen LogP contribution in [0.1, 0.15) is 12.5 Å². The molecule has 0 aliphatic rings. The van der Waals surface area contributed by atoms with Gasteiger partial charge in [0.05, 0.1) is 7.11 Å². The zero-order valence-electron chi connectivity index (χ0n) is 12.3. The van der Waals surface area contributed by atoms with Crippen LogP contribution in [0.25, 0.3) is 0 Å². The van der Waals surface area contributed by atoms with Crippen molar-refractivity contribution in [2.45, 2.75) is 19.4 Å². The van der Waals surface area contributed by atoms with Crippen LogP contribution in [0, 0.1) is 5.82 Å². The van der Waals surface area contributed by atoms with Crippen LogP contribution < -0.4 is 9.64 Å². The zero-order valence-corrected chi connectivity index (χ0v) is 13.9. The molecule has 0 N–H and O–H groups in total. The number of likely N-dealkylation sites (N-methyl/N-ethyl adjacent to an activating group) is 1. The highest BCUT2D eigenvalue weighted by Gasteiger charge is 2.17. The summed E-state index contributed by atoms with van der Waals surface area (Å²) in [6, 6.07) is 9.38. The van der Waals surface area contributed by atoms with Crippen LogP contribution in [0.2, 0.25) is 0 Å². The molecule has 2 aromatic rings. The van der Waals surface area contributed by atoms with Gasteiger partial charge in [0.1, 0.15) is 5.75 Å². The number of rotatable bonds is 5. The van der Waals surface area contributed by atoms with Crippen molar-refractivity contribution in [3.8, 4) is 5.75 Å². The van der Waals surface area contributed by atoms with E-state index in [1.54, 1.807) is 13.3 Å². The molecular weight excluding hydrogens is 335 g/mol. The van der Waals surface area contributed by atoms with Gasteiger partial charge in [-0.15, -0.1) is 0 Å². The number of methoxy groups -OCH3 is 1. The van der Waals surface area contributed by atoms with E-state index in [0.717, 1.165) is 17.7 Å². The molecule has 0 saturated heterocycles. The van der Waals surface area contributed by atoms with Gasteiger partial charge in [-0.2, -0.15) is 0 Å². The Hall–Kier alpha value is -1.62.